The first kappa shape index (κ1) is 16.6. The van der Waals surface area contributed by atoms with E-state index in [2.05, 4.69) is 5.32 Å². The van der Waals surface area contributed by atoms with Crippen LogP contribution in [-0.4, -0.2) is 26.1 Å². The summed E-state index contributed by atoms with van der Waals surface area (Å²) < 4.78 is 37.0. The summed E-state index contributed by atoms with van der Waals surface area (Å²) in [5, 5.41) is 1.49. The van der Waals surface area contributed by atoms with E-state index in [1.807, 2.05) is 13.8 Å². The van der Waals surface area contributed by atoms with Crippen molar-refractivity contribution in [1.82, 2.24) is 5.32 Å². The van der Waals surface area contributed by atoms with Crippen LogP contribution in [0.5, 0.6) is 0 Å². The van der Waals surface area contributed by atoms with Gasteiger partial charge >= 0.3 is 0 Å². The van der Waals surface area contributed by atoms with E-state index in [4.69, 9.17) is 0 Å². The summed E-state index contributed by atoms with van der Waals surface area (Å²) in [6.45, 7) is 5.67. The molecule has 6 heteroatoms. The fourth-order valence-electron chi connectivity index (χ4n) is 1.55. The van der Waals surface area contributed by atoms with Gasteiger partial charge in [-0.15, -0.1) is 0 Å². The second-order valence-electron chi connectivity index (χ2n) is 5.21. The molecule has 0 aliphatic rings. The first-order valence-corrected chi connectivity index (χ1v) is 8.17. The molecule has 4 nitrogen and oxygen atoms in total. The van der Waals surface area contributed by atoms with Gasteiger partial charge in [-0.2, -0.15) is 0 Å². The lowest BCUT2D eigenvalue weighted by molar-refractivity contribution is -0.120. The van der Waals surface area contributed by atoms with E-state index in [0.29, 0.717) is 12.1 Å². The second-order valence-corrected chi connectivity index (χ2v) is 7.54. The molecule has 0 bridgehead atoms. The van der Waals surface area contributed by atoms with Gasteiger partial charge in [0.2, 0.25) is 5.91 Å². The topological polar surface area (TPSA) is 63.2 Å². The lowest BCUT2D eigenvalue weighted by Gasteiger charge is -2.14. The average molecular weight is 301 g/mol. The number of nitrogens with one attached hydrogen (secondary N) is 1. The fraction of sp³-hybridized carbons (Fsp3) is 0.500. The highest BCUT2D eigenvalue weighted by molar-refractivity contribution is 7.92. The van der Waals surface area contributed by atoms with Gasteiger partial charge in [-0.25, -0.2) is 12.8 Å². The summed E-state index contributed by atoms with van der Waals surface area (Å²) in [6.07, 6.45) is 0. The Balaban J connectivity index is 2.72. The molecule has 0 fully saturated rings. The van der Waals surface area contributed by atoms with Crippen LogP contribution in [0.1, 0.15) is 26.3 Å². The summed E-state index contributed by atoms with van der Waals surface area (Å²) in [5.41, 5.74) is 0.468. The van der Waals surface area contributed by atoms with Crippen molar-refractivity contribution in [1.29, 1.82) is 0 Å². The van der Waals surface area contributed by atoms with Crippen molar-refractivity contribution in [3.8, 4) is 0 Å². The minimum absolute atomic E-state index is 0.256. The number of amides is 1. The molecular weight excluding hydrogens is 281 g/mol. The molecule has 0 aliphatic carbocycles. The maximum atomic E-state index is 12.8. The van der Waals surface area contributed by atoms with Crippen LogP contribution in [0.15, 0.2) is 24.3 Å². The largest absolute Gasteiger partial charge is 0.355 e. The number of benzene rings is 1. The van der Waals surface area contributed by atoms with Crippen molar-refractivity contribution in [3.63, 3.8) is 0 Å². The van der Waals surface area contributed by atoms with Gasteiger partial charge in [-0.05, 0) is 30.5 Å². The Kier molecular flexibility index (Phi) is 5.68. The molecule has 0 aliphatic heterocycles. The van der Waals surface area contributed by atoms with Crippen molar-refractivity contribution in [3.05, 3.63) is 35.6 Å². The lowest BCUT2D eigenvalue weighted by atomic mass is 10.2. The van der Waals surface area contributed by atoms with Gasteiger partial charge in [0, 0.05) is 6.54 Å². The molecule has 1 aromatic carbocycles. The lowest BCUT2D eigenvalue weighted by Crippen LogP contribution is -2.39. The monoisotopic (exact) mass is 301 g/mol. The zero-order chi connectivity index (χ0) is 15.3. The molecular formula is C14H20FNO3S. The van der Waals surface area contributed by atoms with Gasteiger partial charge < -0.3 is 5.32 Å². The standard InChI is InChI=1S/C14H20FNO3S/c1-10(2)8-16-14(17)11(3)20(18,19)9-12-4-6-13(15)7-5-12/h4-7,10-11H,8-9H2,1-3H3,(H,16,17). The predicted molar refractivity (Wildman–Crippen MR) is 76.3 cm³/mol. The molecule has 1 amide bonds. The van der Waals surface area contributed by atoms with Crippen LogP contribution in [0.4, 0.5) is 4.39 Å². The van der Waals surface area contributed by atoms with Crippen LogP contribution < -0.4 is 5.32 Å². The average Bonchev–Trinajstić information content (AvgIpc) is 2.37. The van der Waals surface area contributed by atoms with Crippen LogP contribution in [-0.2, 0) is 20.4 Å². The molecule has 1 atom stereocenters. The highest BCUT2D eigenvalue weighted by atomic mass is 32.2. The molecule has 112 valence electrons. The van der Waals surface area contributed by atoms with Crippen LogP contribution in [0.3, 0.4) is 0 Å². The molecule has 1 unspecified atom stereocenters. The van der Waals surface area contributed by atoms with Crippen molar-refractivity contribution < 1.29 is 17.6 Å². The molecule has 0 aromatic heterocycles. The van der Waals surface area contributed by atoms with E-state index < -0.39 is 26.8 Å². The van der Waals surface area contributed by atoms with Crippen LogP contribution in [0, 0.1) is 11.7 Å². The number of hydrogen-bond donors (Lipinski definition) is 1. The Morgan fingerprint density at radius 2 is 1.75 bits per heavy atom. The van der Waals surface area contributed by atoms with Gasteiger partial charge in [0.25, 0.3) is 0 Å². The van der Waals surface area contributed by atoms with Crippen LogP contribution in [0.2, 0.25) is 0 Å². The van der Waals surface area contributed by atoms with E-state index >= 15 is 0 Å². The number of carbonyl (C=O) groups is 1. The van der Waals surface area contributed by atoms with Crippen LogP contribution >= 0.6 is 0 Å². The van der Waals surface area contributed by atoms with Gasteiger partial charge in [0.1, 0.15) is 11.1 Å². The minimum atomic E-state index is -3.61. The molecule has 0 heterocycles. The molecule has 1 rings (SSSR count). The minimum Gasteiger partial charge on any atom is -0.355 e. The smallest absolute Gasteiger partial charge is 0.238 e. The van der Waals surface area contributed by atoms with E-state index in [-0.39, 0.29) is 11.7 Å². The normalized spacial score (nSPS) is 13.2. The number of sulfone groups is 1. The Hall–Kier alpha value is -1.43. The van der Waals surface area contributed by atoms with Crippen molar-refractivity contribution >= 4 is 15.7 Å². The molecule has 20 heavy (non-hydrogen) atoms. The third-order valence-corrected chi connectivity index (χ3v) is 4.90. The quantitative estimate of drug-likeness (QED) is 0.873. The Labute approximate surface area is 119 Å². The number of halogens is 1. The zero-order valence-electron chi connectivity index (χ0n) is 11.9. The summed E-state index contributed by atoms with van der Waals surface area (Å²) in [6, 6.07) is 5.22. The Morgan fingerprint density at radius 3 is 2.25 bits per heavy atom. The number of hydrogen-bond acceptors (Lipinski definition) is 3. The summed E-state index contributed by atoms with van der Waals surface area (Å²) in [5.74, 6) is -0.940. The summed E-state index contributed by atoms with van der Waals surface area (Å²) in [7, 11) is -3.61. The molecule has 0 spiro atoms. The number of carbonyl (C=O) groups excluding carboxylic acids is 1. The maximum Gasteiger partial charge on any atom is 0.238 e. The molecule has 0 saturated heterocycles. The van der Waals surface area contributed by atoms with E-state index in [0.717, 1.165) is 0 Å². The highest BCUT2D eigenvalue weighted by Crippen LogP contribution is 2.12. The van der Waals surface area contributed by atoms with E-state index in [1.165, 1.54) is 31.2 Å². The molecule has 0 saturated carbocycles. The first-order valence-electron chi connectivity index (χ1n) is 6.46. The second kappa shape index (κ2) is 6.83. The third kappa shape index (κ3) is 4.92. The highest BCUT2D eigenvalue weighted by Gasteiger charge is 2.28. The Morgan fingerprint density at radius 1 is 1.20 bits per heavy atom. The van der Waals surface area contributed by atoms with E-state index in [9.17, 15) is 17.6 Å². The third-order valence-electron chi connectivity index (χ3n) is 2.87. The number of rotatable bonds is 6. The summed E-state index contributed by atoms with van der Waals surface area (Å²) >= 11 is 0. The van der Waals surface area contributed by atoms with Crippen molar-refractivity contribution in [2.45, 2.75) is 31.8 Å². The molecule has 1 aromatic rings. The predicted octanol–water partition coefficient (Wildman–Crippen LogP) is 1.90. The van der Waals surface area contributed by atoms with E-state index in [1.54, 1.807) is 0 Å². The molecule has 0 radical (unpaired) electrons. The van der Waals surface area contributed by atoms with Gasteiger partial charge in [-0.1, -0.05) is 26.0 Å². The SMILES string of the molecule is CC(C)CNC(=O)C(C)S(=O)(=O)Cc1ccc(F)cc1. The Bertz CT molecular complexity index is 552. The first-order chi connectivity index (χ1) is 9.22. The van der Waals surface area contributed by atoms with Gasteiger partial charge in [0.05, 0.1) is 5.75 Å². The van der Waals surface area contributed by atoms with Gasteiger partial charge in [-0.3, -0.25) is 4.79 Å². The van der Waals surface area contributed by atoms with Crippen molar-refractivity contribution in [2.75, 3.05) is 6.54 Å². The fourth-order valence-corrected chi connectivity index (χ4v) is 2.87. The zero-order valence-corrected chi connectivity index (χ0v) is 12.7. The molecule has 1 N–H and O–H groups in total. The van der Waals surface area contributed by atoms with Crippen LogP contribution in [0.25, 0.3) is 0 Å². The van der Waals surface area contributed by atoms with Gasteiger partial charge in [0.15, 0.2) is 9.84 Å². The summed E-state index contributed by atoms with van der Waals surface area (Å²) in [4.78, 5) is 11.8. The maximum absolute atomic E-state index is 12.8. The van der Waals surface area contributed by atoms with Crippen molar-refractivity contribution in [2.24, 2.45) is 5.92 Å².